The van der Waals surface area contributed by atoms with Gasteiger partial charge in [-0.2, -0.15) is 0 Å². The average Bonchev–Trinajstić information content (AvgIpc) is 2.55. The van der Waals surface area contributed by atoms with Gasteiger partial charge in [0.2, 0.25) is 0 Å². The van der Waals surface area contributed by atoms with Crippen LogP contribution in [0.4, 0.5) is 0 Å². The Labute approximate surface area is 82.9 Å². The third kappa shape index (κ3) is 3.57. The number of aliphatic imine (C=N–C) groups is 1. The van der Waals surface area contributed by atoms with E-state index in [1.165, 1.54) is 0 Å². The molecule has 0 bridgehead atoms. The van der Waals surface area contributed by atoms with E-state index < -0.39 is 0 Å². The minimum Gasteiger partial charge on any atom is -0.383 e. The van der Waals surface area contributed by atoms with Gasteiger partial charge in [-0.3, -0.25) is 4.99 Å². The monoisotopic (exact) mass is 197 g/mol. The summed E-state index contributed by atoms with van der Waals surface area (Å²) in [5.41, 5.74) is 5.77. The molecule has 1 aromatic rings. The Hall–Kier alpha value is -0.870. The Morgan fingerprint density at radius 3 is 2.92 bits per heavy atom. The zero-order valence-corrected chi connectivity index (χ0v) is 8.84. The first-order valence-corrected chi connectivity index (χ1v) is 5.06. The second kappa shape index (κ2) is 4.99. The predicted octanol–water partition coefficient (Wildman–Crippen LogP) is 1.02. The Bertz CT molecular complexity index is 264. The number of hydrogen-bond acceptors (Lipinski definition) is 3. The minimum absolute atomic E-state index is 0.650. The highest BCUT2D eigenvalue weighted by molar-refractivity contribution is 7.12. The van der Waals surface area contributed by atoms with Crippen LogP contribution in [0.25, 0.3) is 0 Å². The SMILES string of the molecule is CN(C)CCN=C(N)c1cccs1. The van der Waals surface area contributed by atoms with E-state index >= 15 is 0 Å². The third-order valence-corrected chi connectivity index (χ3v) is 2.50. The lowest BCUT2D eigenvalue weighted by molar-refractivity contribution is 0.420. The summed E-state index contributed by atoms with van der Waals surface area (Å²) in [6.07, 6.45) is 0. The molecule has 0 aliphatic carbocycles. The summed E-state index contributed by atoms with van der Waals surface area (Å²) in [7, 11) is 4.05. The zero-order valence-electron chi connectivity index (χ0n) is 8.03. The van der Waals surface area contributed by atoms with Gasteiger partial charge in [-0.15, -0.1) is 11.3 Å². The lowest BCUT2D eigenvalue weighted by atomic mass is 10.4. The first kappa shape index (κ1) is 10.2. The van der Waals surface area contributed by atoms with Crippen molar-refractivity contribution < 1.29 is 0 Å². The van der Waals surface area contributed by atoms with Gasteiger partial charge in [0.15, 0.2) is 0 Å². The second-order valence-electron chi connectivity index (χ2n) is 3.05. The first-order valence-electron chi connectivity index (χ1n) is 4.18. The van der Waals surface area contributed by atoms with Crippen molar-refractivity contribution in [3.05, 3.63) is 22.4 Å². The molecule has 0 unspecified atom stereocenters. The second-order valence-corrected chi connectivity index (χ2v) is 4.00. The lowest BCUT2D eigenvalue weighted by Crippen LogP contribution is -2.18. The molecule has 2 N–H and O–H groups in total. The maximum atomic E-state index is 5.77. The number of nitrogens with two attached hydrogens (primary N) is 1. The zero-order chi connectivity index (χ0) is 9.68. The highest BCUT2D eigenvalue weighted by Gasteiger charge is 1.97. The molecule has 4 heteroatoms. The molecule has 0 atom stereocenters. The predicted molar refractivity (Wildman–Crippen MR) is 58.5 cm³/mol. The first-order chi connectivity index (χ1) is 6.20. The van der Waals surface area contributed by atoms with Crippen LogP contribution in [0.1, 0.15) is 4.88 Å². The maximum Gasteiger partial charge on any atom is 0.135 e. The van der Waals surface area contributed by atoms with Gasteiger partial charge in [-0.1, -0.05) is 6.07 Å². The fourth-order valence-corrected chi connectivity index (χ4v) is 1.52. The van der Waals surface area contributed by atoms with Crippen molar-refractivity contribution in [2.75, 3.05) is 27.2 Å². The number of nitrogens with zero attached hydrogens (tertiary/aromatic N) is 2. The van der Waals surface area contributed by atoms with Gasteiger partial charge in [0.1, 0.15) is 5.84 Å². The van der Waals surface area contributed by atoms with Crippen LogP contribution in [0, 0.1) is 0 Å². The van der Waals surface area contributed by atoms with E-state index in [1.54, 1.807) is 11.3 Å². The summed E-state index contributed by atoms with van der Waals surface area (Å²) in [5, 5.41) is 2.00. The number of thiophene rings is 1. The molecule has 0 fully saturated rings. The number of amidine groups is 1. The number of likely N-dealkylation sites (N-methyl/N-ethyl adjacent to an activating group) is 1. The minimum atomic E-state index is 0.650. The fraction of sp³-hybridized carbons (Fsp3) is 0.444. The molecular formula is C9H15N3S. The Balaban J connectivity index is 2.43. The van der Waals surface area contributed by atoms with Crippen LogP contribution in [0.5, 0.6) is 0 Å². The van der Waals surface area contributed by atoms with Crippen LogP contribution >= 0.6 is 11.3 Å². The van der Waals surface area contributed by atoms with Crippen LogP contribution in [-0.2, 0) is 0 Å². The van der Waals surface area contributed by atoms with Crippen molar-refractivity contribution >= 4 is 17.2 Å². The summed E-state index contributed by atoms with van der Waals surface area (Å²) >= 11 is 1.62. The molecular weight excluding hydrogens is 182 g/mol. The van der Waals surface area contributed by atoms with E-state index in [-0.39, 0.29) is 0 Å². The van der Waals surface area contributed by atoms with Crippen molar-refractivity contribution in [3.63, 3.8) is 0 Å². The summed E-state index contributed by atoms with van der Waals surface area (Å²) in [6, 6.07) is 3.97. The largest absolute Gasteiger partial charge is 0.383 e. The van der Waals surface area contributed by atoms with E-state index in [2.05, 4.69) is 9.89 Å². The Morgan fingerprint density at radius 1 is 1.62 bits per heavy atom. The van der Waals surface area contributed by atoms with Crippen molar-refractivity contribution in [2.24, 2.45) is 10.7 Å². The van der Waals surface area contributed by atoms with Crippen LogP contribution in [0.15, 0.2) is 22.5 Å². The molecule has 1 heterocycles. The van der Waals surface area contributed by atoms with E-state index in [1.807, 2.05) is 31.6 Å². The van der Waals surface area contributed by atoms with E-state index in [4.69, 9.17) is 5.73 Å². The number of hydrogen-bond donors (Lipinski definition) is 1. The van der Waals surface area contributed by atoms with Gasteiger partial charge in [-0.25, -0.2) is 0 Å². The van der Waals surface area contributed by atoms with E-state index in [9.17, 15) is 0 Å². The standard InChI is InChI=1S/C9H15N3S/c1-12(2)6-5-11-9(10)8-4-3-7-13-8/h3-4,7H,5-6H2,1-2H3,(H2,10,11). The van der Waals surface area contributed by atoms with Gasteiger partial charge in [0, 0.05) is 6.54 Å². The topological polar surface area (TPSA) is 41.6 Å². The molecule has 0 amide bonds. The molecule has 3 nitrogen and oxygen atoms in total. The molecule has 0 saturated heterocycles. The smallest absolute Gasteiger partial charge is 0.135 e. The fourth-order valence-electron chi connectivity index (χ4n) is 0.873. The van der Waals surface area contributed by atoms with Gasteiger partial charge >= 0.3 is 0 Å². The summed E-state index contributed by atoms with van der Waals surface area (Å²) in [5.74, 6) is 0.650. The lowest BCUT2D eigenvalue weighted by Gasteiger charge is -2.06. The molecule has 13 heavy (non-hydrogen) atoms. The van der Waals surface area contributed by atoms with Gasteiger partial charge in [0.05, 0.1) is 11.4 Å². The van der Waals surface area contributed by atoms with Gasteiger partial charge < -0.3 is 10.6 Å². The van der Waals surface area contributed by atoms with Gasteiger partial charge in [0.25, 0.3) is 0 Å². The van der Waals surface area contributed by atoms with Crippen LogP contribution in [0.3, 0.4) is 0 Å². The molecule has 72 valence electrons. The van der Waals surface area contributed by atoms with E-state index in [0.29, 0.717) is 5.84 Å². The van der Waals surface area contributed by atoms with Crippen molar-refractivity contribution in [1.82, 2.24) is 4.90 Å². The molecule has 1 rings (SSSR count). The number of rotatable bonds is 4. The molecule has 0 aromatic carbocycles. The third-order valence-electron chi connectivity index (χ3n) is 1.60. The Kier molecular flexibility index (Phi) is 3.92. The maximum absolute atomic E-state index is 5.77. The molecule has 0 aliphatic heterocycles. The van der Waals surface area contributed by atoms with Crippen molar-refractivity contribution in [1.29, 1.82) is 0 Å². The van der Waals surface area contributed by atoms with Crippen molar-refractivity contribution in [2.45, 2.75) is 0 Å². The highest BCUT2D eigenvalue weighted by Crippen LogP contribution is 2.07. The molecule has 0 aliphatic rings. The highest BCUT2D eigenvalue weighted by atomic mass is 32.1. The normalized spacial score (nSPS) is 12.4. The molecule has 1 aromatic heterocycles. The average molecular weight is 197 g/mol. The Morgan fingerprint density at radius 2 is 2.38 bits per heavy atom. The molecule has 0 spiro atoms. The summed E-state index contributed by atoms with van der Waals surface area (Å²) in [6.45, 7) is 1.70. The molecule has 0 saturated carbocycles. The van der Waals surface area contributed by atoms with Crippen LogP contribution in [0.2, 0.25) is 0 Å². The van der Waals surface area contributed by atoms with Gasteiger partial charge in [-0.05, 0) is 25.5 Å². The van der Waals surface area contributed by atoms with E-state index in [0.717, 1.165) is 18.0 Å². The molecule has 0 radical (unpaired) electrons. The van der Waals surface area contributed by atoms with Crippen LogP contribution < -0.4 is 5.73 Å². The van der Waals surface area contributed by atoms with Crippen molar-refractivity contribution in [3.8, 4) is 0 Å². The quantitative estimate of drug-likeness (QED) is 0.578. The summed E-state index contributed by atoms with van der Waals surface area (Å²) in [4.78, 5) is 7.41. The van der Waals surface area contributed by atoms with Crippen LogP contribution in [-0.4, -0.2) is 37.9 Å². The summed E-state index contributed by atoms with van der Waals surface area (Å²) < 4.78 is 0.